The second-order valence-corrected chi connectivity index (χ2v) is 5.31. The first-order valence-electron chi connectivity index (χ1n) is 6.19. The molecule has 1 unspecified atom stereocenters. The zero-order chi connectivity index (χ0) is 12.1. The highest BCUT2D eigenvalue weighted by Gasteiger charge is 2.21. The topological polar surface area (TPSA) is 9.23 Å². The van der Waals surface area contributed by atoms with E-state index in [9.17, 15) is 4.39 Å². The van der Waals surface area contributed by atoms with Gasteiger partial charge in [-0.25, -0.2) is 4.39 Å². The minimum Gasteiger partial charge on any atom is -0.381 e. The maximum absolute atomic E-state index is 13.7. The highest BCUT2D eigenvalue weighted by atomic mass is 79.9. The van der Waals surface area contributed by atoms with E-state index in [-0.39, 0.29) is 11.7 Å². The number of alkyl halides is 1. The van der Waals surface area contributed by atoms with Crippen molar-refractivity contribution >= 4 is 15.9 Å². The molecule has 0 amide bonds. The Kier molecular flexibility index (Phi) is 4.99. The molecule has 1 fully saturated rings. The lowest BCUT2D eigenvalue weighted by Crippen LogP contribution is -2.19. The molecule has 0 spiro atoms. The zero-order valence-corrected chi connectivity index (χ0v) is 11.5. The van der Waals surface area contributed by atoms with Gasteiger partial charge in [-0.1, -0.05) is 34.1 Å². The third-order valence-electron chi connectivity index (χ3n) is 3.49. The lowest BCUT2D eigenvalue weighted by atomic mass is 9.86. The van der Waals surface area contributed by atoms with E-state index in [2.05, 4.69) is 15.9 Å². The van der Waals surface area contributed by atoms with E-state index in [0.29, 0.717) is 5.92 Å². The predicted octanol–water partition coefficient (Wildman–Crippen LogP) is 4.12. The van der Waals surface area contributed by atoms with Crippen molar-refractivity contribution in [2.45, 2.75) is 25.2 Å². The Morgan fingerprint density at radius 1 is 1.29 bits per heavy atom. The average Bonchev–Trinajstić information content (AvgIpc) is 2.38. The van der Waals surface area contributed by atoms with Crippen LogP contribution in [0.4, 0.5) is 4.39 Å². The smallest absolute Gasteiger partial charge is 0.126 e. The number of ether oxygens (including phenoxy) is 1. The minimum absolute atomic E-state index is 0.0796. The summed E-state index contributed by atoms with van der Waals surface area (Å²) in [7, 11) is 0. The highest BCUT2D eigenvalue weighted by molar-refractivity contribution is 9.09. The molecule has 1 aromatic rings. The van der Waals surface area contributed by atoms with Gasteiger partial charge in [0.2, 0.25) is 0 Å². The Hall–Kier alpha value is -0.410. The van der Waals surface area contributed by atoms with Gasteiger partial charge in [-0.15, -0.1) is 0 Å². The van der Waals surface area contributed by atoms with Crippen molar-refractivity contribution in [2.75, 3.05) is 18.5 Å². The summed E-state index contributed by atoms with van der Waals surface area (Å²) >= 11 is 3.52. The molecule has 1 aliphatic heterocycles. The predicted molar refractivity (Wildman–Crippen MR) is 71.1 cm³/mol. The van der Waals surface area contributed by atoms with Gasteiger partial charge in [0.15, 0.2) is 0 Å². The van der Waals surface area contributed by atoms with Crippen LogP contribution < -0.4 is 0 Å². The van der Waals surface area contributed by atoms with Crippen LogP contribution in [0.15, 0.2) is 24.3 Å². The molecule has 1 aliphatic rings. The molecule has 1 nitrogen and oxygen atoms in total. The second kappa shape index (κ2) is 6.50. The number of hydrogen-bond donors (Lipinski definition) is 0. The molecule has 0 aliphatic carbocycles. The molecule has 0 bridgehead atoms. The van der Waals surface area contributed by atoms with Crippen LogP contribution >= 0.6 is 15.9 Å². The Morgan fingerprint density at radius 2 is 2.00 bits per heavy atom. The van der Waals surface area contributed by atoms with Crippen LogP contribution in [0.25, 0.3) is 0 Å². The maximum Gasteiger partial charge on any atom is 0.126 e. The molecular formula is C14H18BrFO. The monoisotopic (exact) mass is 300 g/mol. The Labute approximate surface area is 110 Å². The number of rotatable bonds is 4. The van der Waals surface area contributed by atoms with Gasteiger partial charge >= 0.3 is 0 Å². The van der Waals surface area contributed by atoms with Crippen molar-refractivity contribution in [3.05, 3.63) is 35.6 Å². The van der Waals surface area contributed by atoms with Crippen molar-refractivity contribution in [2.24, 2.45) is 5.92 Å². The summed E-state index contributed by atoms with van der Waals surface area (Å²) in [6.07, 6.45) is 3.27. The summed E-state index contributed by atoms with van der Waals surface area (Å²) in [5.41, 5.74) is 0.843. The maximum atomic E-state index is 13.7. The molecule has 2 rings (SSSR count). The summed E-state index contributed by atoms with van der Waals surface area (Å²) in [5, 5.41) is 0.825. The average molecular weight is 301 g/mol. The molecule has 0 aromatic heterocycles. The summed E-state index contributed by atoms with van der Waals surface area (Å²) in [6.45, 7) is 1.72. The number of hydrogen-bond acceptors (Lipinski definition) is 1. The SMILES string of the molecule is Fc1ccccc1C(CBr)CC1CCOCC1. The van der Waals surface area contributed by atoms with Gasteiger partial charge in [0.05, 0.1) is 0 Å². The van der Waals surface area contributed by atoms with E-state index in [1.54, 1.807) is 12.1 Å². The van der Waals surface area contributed by atoms with Gasteiger partial charge in [-0.2, -0.15) is 0 Å². The number of halogens is 2. The third kappa shape index (κ3) is 3.52. The van der Waals surface area contributed by atoms with Crippen LogP contribution in [0.2, 0.25) is 0 Å². The molecule has 1 atom stereocenters. The van der Waals surface area contributed by atoms with E-state index in [0.717, 1.165) is 43.4 Å². The summed E-state index contributed by atoms with van der Waals surface area (Å²) in [5.74, 6) is 0.870. The molecular weight excluding hydrogens is 283 g/mol. The lowest BCUT2D eigenvalue weighted by Gasteiger charge is -2.26. The van der Waals surface area contributed by atoms with Crippen molar-refractivity contribution in [1.82, 2.24) is 0 Å². The van der Waals surface area contributed by atoms with Gasteiger partial charge < -0.3 is 4.74 Å². The third-order valence-corrected chi connectivity index (χ3v) is 4.27. The van der Waals surface area contributed by atoms with Crippen molar-refractivity contribution < 1.29 is 9.13 Å². The van der Waals surface area contributed by atoms with Crippen molar-refractivity contribution in [1.29, 1.82) is 0 Å². The highest BCUT2D eigenvalue weighted by Crippen LogP contribution is 2.31. The van der Waals surface area contributed by atoms with Gasteiger partial charge in [0.25, 0.3) is 0 Å². The normalized spacial score (nSPS) is 19.2. The molecule has 1 aromatic carbocycles. The van der Waals surface area contributed by atoms with E-state index in [1.807, 2.05) is 12.1 Å². The van der Waals surface area contributed by atoms with Crippen molar-refractivity contribution in [3.8, 4) is 0 Å². The van der Waals surface area contributed by atoms with Gasteiger partial charge in [-0.05, 0) is 42.7 Å². The fraction of sp³-hybridized carbons (Fsp3) is 0.571. The molecule has 3 heteroatoms. The van der Waals surface area contributed by atoms with Gasteiger partial charge in [-0.3, -0.25) is 0 Å². The first-order chi connectivity index (χ1) is 8.31. The van der Waals surface area contributed by atoms with Crippen LogP contribution in [0, 0.1) is 11.7 Å². The lowest BCUT2D eigenvalue weighted by molar-refractivity contribution is 0.0622. The molecule has 17 heavy (non-hydrogen) atoms. The standard InChI is InChI=1S/C14H18BrFO/c15-10-12(9-11-5-7-17-8-6-11)13-3-1-2-4-14(13)16/h1-4,11-12H,5-10H2. The van der Waals surface area contributed by atoms with Crippen LogP contribution in [-0.2, 0) is 4.74 Å². The summed E-state index contributed by atoms with van der Waals surface area (Å²) in [6, 6.07) is 7.12. The molecule has 1 heterocycles. The minimum atomic E-state index is -0.0796. The van der Waals surface area contributed by atoms with Gasteiger partial charge in [0, 0.05) is 18.5 Å². The fourth-order valence-corrected chi connectivity index (χ4v) is 3.08. The van der Waals surface area contributed by atoms with Gasteiger partial charge in [0.1, 0.15) is 5.82 Å². The first kappa shape index (κ1) is 13.0. The van der Waals surface area contributed by atoms with Crippen molar-refractivity contribution in [3.63, 3.8) is 0 Å². The molecule has 94 valence electrons. The van der Waals surface area contributed by atoms with E-state index >= 15 is 0 Å². The molecule has 0 N–H and O–H groups in total. The Morgan fingerprint density at radius 3 is 2.65 bits per heavy atom. The largest absolute Gasteiger partial charge is 0.381 e. The number of benzene rings is 1. The Bertz CT molecular complexity index is 350. The van der Waals surface area contributed by atoms with Crippen LogP contribution in [-0.4, -0.2) is 18.5 Å². The van der Waals surface area contributed by atoms with Crippen LogP contribution in [0.5, 0.6) is 0 Å². The second-order valence-electron chi connectivity index (χ2n) is 4.66. The summed E-state index contributed by atoms with van der Waals surface area (Å²) in [4.78, 5) is 0. The first-order valence-corrected chi connectivity index (χ1v) is 7.31. The quantitative estimate of drug-likeness (QED) is 0.760. The van der Waals surface area contributed by atoms with Crippen LogP contribution in [0.1, 0.15) is 30.7 Å². The fourth-order valence-electron chi connectivity index (χ4n) is 2.46. The summed E-state index contributed by atoms with van der Waals surface area (Å²) < 4.78 is 19.1. The Balaban J connectivity index is 2.03. The van der Waals surface area contributed by atoms with E-state index in [1.165, 1.54) is 0 Å². The van der Waals surface area contributed by atoms with E-state index in [4.69, 9.17) is 4.74 Å². The van der Waals surface area contributed by atoms with Crippen LogP contribution in [0.3, 0.4) is 0 Å². The molecule has 0 radical (unpaired) electrons. The molecule has 0 saturated carbocycles. The van der Waals surface area contributed by atoms with E-state index < -0.39 is 0 Å². The molecule has 1 saturated heterocycles. The zero-order valence-electron chi connectivity index (χ0n) is 9.87.